The summed E-state index contributed by atoms with van der Waals surface area (Å²) in [5.74, 6) is -0.533. The lowest BCUT2D eigenvalue weighted by Gasteiger charge is -2.13. The number of halogens is 1. The van der Waals surface area contributed by atoms with Gasteiger partial charge in [-0.2, -0.15) is 0 Å². The number of rotatable bonds is 12. The Morgan fingerprint density at radius 3 is 2.17 bits per heavy atom. The molecule has 1 aliphatic heterocycles. The van der Waals surface area contributed by atoms with Crippen LogP contribution in [0.3, 0.4) is 0 Å². The summed E-state index contributed by atoms with van der Waals surface area (Å²) in [7, 11) is 0. The maximum absolute atomic E-state index is 11.7. The standard InChI is InChI=1S/C16H28FN3O3/c1-13-12-15(22)20(16(13)23)11-9-7-5-3-2-4-6-8-10-14(21)18-19-17/h13,19H,2-12H2,1H3,(H,18,21). The smallest absolute Gasteiger partial charge is 0.236 e. The Hall–Kier alpha value is -1.50. The summed E-state index contributed by atoms with van der Waals surface area (Å²) in [5.41, 5.74) is 3.03. The third-order valence-electron chi connectivity index (χ3n) is 4.19. The number of carbonyl (C=O) groups is 3. The molecule has 3 amide bonds. The van der Waals surface area contributed by atoms with E-state index < -0.39 is 0 Å². The molecule has 1 fully saturated rings. The van der Waals surface area contributed by atoms with Crippen molar-refractivity contribution in [1.82, 2.24) is 16.0 Å². The number of carbonyl (C=O) groups excluding carboxylic acids is 3. The van der Waals surface area contributed by atoms with Crippen LogP contribution in [-0.2, 0) is 14.4 Å². The van der Waals surface area contributed by atoms with Crippen molar-refractivity contribution < 1.29 is 18.9 Å². The van der Waals surface area contributed by atoms with Crippen LogP contribution < -0.4 is 11.1 Å². The molecule has 1 saturated heterocycles. The SMILES string of the molecule is CC1CC(=O)N(CCCCCCCCCCC(=O)NNF)C1=O. The van der Waals surface area contributed by atoms with Crippen molar-refractivity contribution in [2.24, 2.45) is 5.92 Å². The van der Waals surface area contributed by atoms with E-state index in [1.54, 1.807) is 6.92 Å². The molecule has 7 heteroatoms. The van der Waals surface area contributed by atoms with Crippen molar-refractivity contribution in [3.05, 3.63) is 0 Å². The molecule has 1 atom stereocenters. The number of nitrogens with zero attached hydrogens (tertiary/aromatic N) is 1. The highest BCUT2D eigenvalue weighted by Crippen LogP contribution is 2.19. The molecule has 0 radical (unpaired) electrons. The van der Waals surface area contributed by atoms with E-state index in [2.05, 4.69) is 0 Å². The number of hydrogen-bond donors (Lipinski definition) is 2. The lowest BCUT2D eigenvalue weighted by atomic mass is 10.1. The summed E-state index contributed by atoms with van der Waals surface area (Å²) >= 11 is 0. The van der Waals surface area contributed by atoms with Gasteiger partial charge in [0, 0.05) is 25.3 Å². The Bertz CT molecular complexity index is 404. The van der Waals surface area contributed by atoms with Crippen LogP contribution in [0.15, 0.2) is 0 Å². The maximum Gasteiger partial charge on any atom is 0.236 e. The van der Waals surface area contributed by atoms with Crippen LogP contribution in [0.5, 0.6) is 0 Å². The Balaban J connectivity index is 1.89. The van der Waals surface area contributed by atoms with Gasteiger partial charge < -0.3 is 0 Å². The number of likely N-dealkylation sites (tertiary alicyclic amines) is 1. The van der Waals surface area contributed by atoms with E-state index in [1.807, 2.05) is 5.43 Å². The first-order chi connectivity index (χ1) is 11.1. The third-order valence-corrected chi connectivity index (χ3v) is 4.19. The van der Waals surface area contributed by atoms with Crippen LogP contribution in [-0.4, -0.2) is 29.2 Å². The summed E-state index contributed by atoms with van der Waals surface area (Å²) in [6.07, 6.45) is 8.73. The predicted octanol–water partition coefficient (Wildman–Crippen LogP) is 2.40. The number of amides is 3. The van der Waals surface area contributed by atoms with Crippen LogP contribution in [0.4, 0.5) is 4.48 Å². The lowest BCUT2D eigenvalue weighted by Crippen LogP contribution is -2.31. The van der Waals surface area contributed by atoms with Crippen LogP contribution in [0, 0.1) is 5.92 Å². The van der Waals surface area contributed by atoms with Gasteiger partial charge in [0.1, 0.15) is 0 Å². The fourth-order valence-electron chi connectivity index (χ4n) is 2.81. The normalized spacial score (nSPS) is 17.8. The van der Waals surface area contributed by atoms with E-state index >= 15 is 0 Å². The van der Waals surface area contributed by atoms with Gasteiger partial charge in [-0.05, 0) is 12.8 Å². The van der Waals surface area contributed by atoms with Crippen molar-refractivity contribution in [1.29, 1.82) is 0 Å². The second kappa shape index (κ2) is 11.1. The molecule has 1 rings (SSSR count). The fraction of sp³-hybridized carbons (Fsp3) is 0.812. The third kappa shape index (κ3) is 7.54. The number of hydrogen-bond acceptors (Lipinski definition) is 4. The topological polar surface area (TPSA) is 78.5 Å². The van der Waals surface area contributed by atoms with Crippen molar-refractivity contribution in [3.8, 4) is 0 Å². The van der Waals surface area contributed by atoms with Crippen molar-refractivity contribution in [3.63, 3.8) is 0 Å². The summed E-state index contributed by atoms with van der Waals surface area (Å²) in [4.78, 5) is 35.7. The largest absolute Gasteiger partial charge is 0.282 e. The molecule has 23 heavy (non-hydrogen) atoms. The number of hydrazine groups is 1. The van der Waals surface area contributed by atoms with E-state index in [-0.39, 0.29) is 23.6 Å². The van der Waals surface area contributed by atoms with E-state index in [9.17, 15) is 18.9 Å². The quantitative estimate of drug-likeness (QED) is 0.249. The van der Waals surface area contributed by atoms with Crippen LogP contribution in [0.2, 0.25) is 0 Å². The zero-order valence-electron chi connectivity index (χ0n) is 13.9. The monoisotopic (exact) mass is 329 g/mol. The molecule has 1 heterocycles. The first kappa shape index (κ1) is 19.5. The Morgan fingerprint density at radius 1 is 1.09 bits per heavy atom. The van der Waals surface area contributed by atoms with Crippen molar-refractivity contribution in [2.75, 3.05) is 6.54 Å². The molecule has 2 N–H and O–H groups in total. The molecule has 0 aromatic carbocycles. The Labute approximate surface area is 137 Å². The van der Waals surface area contributed by atoms with Crippen LogP contribution >= 0.6 is 0 Å². The second-order valence-electron chi connectivity index (χ2n) is 6.21. The molecule has 0 aliphatic carbocycles. The summed E-state index contributed by atoms with van der Waals surface area (Å²) in [6.45, 7) is 2.36. The van der Waals surface area contributed by atoms with Crippen LogP contribution in [0.25, 0.3) is 0 Å². The molecule has 6 nitrogen and oxygen atoms in total. The molecule has 0 saturated carbocycles. The summed E-state index contributed by atoms with van der Waals surface area (Å²) in [5, 5.41) is 0. The Kier molecular flexibility index (Phi) is 9.43. The van der Waals surface area contributed by atoms with Crippen molar-refractivity contribution in [2.45, 2.75) is 71.1 Å². The van der Waals surface area contributed by atoms with Gasteiger partial charge in [-0.1, -0.05) is 51.1 Å². The van der Waals surface area contributed by atoms with Gasteiger partial charge in [0.15, 0.2) is 0 Å². The average molecular weight is 329 g/mol. The molecular weight excluding hydrogens is 301 g/mol. The minimum absolute atomic E-state index is 0.0259. The highest BCUT2D eigenvalue weighted by atomic mass is 19.2. The van der Waals surface area contributed by atoms with Crippen LogP contribution in [0.1, 0.15) is 71.1 Å². The second-order valence-corrected chi connectivity index (χ2v) is 6.21. The zero-order chi connectivity index (χ0) is 17.1. The van der Waals surface area contributed by atoms with Gasteiger partial charge in [-0.15, -0.1) is 4.48 Å². The minimum Gasteiger partial charge on any atom is -0.282 e. The number of unbranched alkanes of at least 4 members (excludes halogenated alkanes) is 7. The van der Waals surface area contributed by atoms with Gasteiger partial charge in [-0.3, -0.25) is 24.7 Å². The molecule has 132 valence electrons. The van der Waals surface area contributed by atoms with Gasteiger partial charge in [-0.25, -0.2) is 0 Å². The molecule has 1 aliphatic rings. The molecule has 1 unspecified atom stereocenters. The first-order valence-electron chi connectivity index (χ1n) is 8.55. The van der Waals surface area contributed by atoms with E-state index in [0.717, 1.165) is 57.0 Å². The average Bonchev–Trinajstić information content (AvgIpc) is 2.75. The van der Waals surface area contributed by atoms with Gasteiger partial charge in [0.25, 0.3) is 0 Å². The van der Waals surface area contributed by atoms with Crippen molar-refractivity contribution >= 4 is 17.7 Å². The van der Waals surface area contributed by atoms with Gasteiger partial charge in [0.2, 0.25) is 17.7 Å². The minimum atomic E-state index is -0.326. The molecule has 0 spiro atoms. The maximum atomic E-state index is 11.7. The summed E-state index contributed by atoms with van der Waals surface area (Å²) in [6, 6.07) is 0. The molecular formula is C16H28FN3O3. The first-order valence-corrected chi connectivity index (χ1v) is 8.55. The van der Waals surface area contributed by atoms with Gasteiger partial charge in [0.05, 0.1) is 0 Å². The van der Waals surface area contributed by atoms with E-state index in [1.165, 1.54) is 4.90 Å². The molecule has 0 aromatic rings. The lowest BCUT2D eigenvalue weighted by molar-refractivity contribution is -0.139. The molecule has 0 aromatic heterocycles. The zero-order valence-corrected chi connectivity index (χ0v) is 13.9. The summed E-state index contributed by atoms with van der Waals surface area (Å²) < 4.78 is 11.6. The molecule has 0 bridgehead atoms. The van der Waals surface area contributed by atoms with Gasteiger partial charge >= 0.3 is 0 Å². The number of nitrogens with one attached hydrogen (secondary N) is 2. The highest BCUT2D eigenvalue weighted by molar-refractivity contribution is 6.03. The predicted molar refractivity (Wildman–Crippen MR) is 84.4 cm³/mol. The number of imide groups is 1. The van der Waals surface area contributed by atoms with E-state index in [0.29, 0.717) is 19.4 Å². The highest BCUT2D eigenvalue weighted by Gasteiger charge is 2.34. The fourth-order valence-corrected chi connectivity index (χ4v) is 2.81. The van der Waals surface area contributed by atoms with E-state index in [4.69, 9.17) is 0 Å². The Morgan fingerprint density at radius 2 is 1.65 bits per heavy atom.